The van der Waals surface area contributed by atoms with E-state index in [-0.39, 0.29) is 0 Å². The highest BCUT2D eigenvalue weighted by Gasteiger charge is 1.98. The molecule has 0 atom stereocenters. The Hall–Kier alpha value is -2.28. The maximum atomic E-state index is 5.44. The number of benzene rings is 1. The van der Waals surface area contributed by atoms with Crippen LogP contribution in [-0.2, 0) is 0 Å². The molecule has 0 amide bonds. The molecule has 0 saturated heterocycles. The van der Waals surface area contributed by atoms with Gasteiger partial charge in [-0.05, 0) is 43.2 Å². The minimum absolute atomic E-state index is 0.537. The molecule has 0 N–H and O–H groups in total. The molecule has 0 fully saturated rings. The van der Waals surface area contributed by atoms with Crippen molar-refractivity contribution in [1.82, 2.24) is 0 Å². The van der Waals surface area contributed by atoms with Crippen molar-refractivity contribution in [2.24, 2.45) is 0 Å². The number of ether oxygens (including phenoxy) is 1. The van der Waals surface area contributed by atoms with Gasteiger partial charge < -0.3 is 4.74 Å². The van der Waals surface area contributed by atoms with Gasteiger partial charge in [0.05, 0.1) is 0 Å². The van der Waals surface area contributed by atoms with Gasteiger partial charge in [0.2, 0.25) is 0 Å². The van der Waals surface area contributed by atoms with Crippen LogP contribution in [0.2, 0.25) is 0 Å². The SMILES string of the molecule is C=CC(=C)Oc1ccc(C(=C)/C=C\C(C)=C/C)cc1. The Bertz CT molecular complexity index is 527. The van der Waals surface area contributed by atoms with Crippen LogP contribution >= 0.6 is 0 Å². The van der Waals surface area contributed by atoms with Crippen molar-refractivity contribution in [3.05, 3.63) is 85.2 Å². The van der Waals surface area contributed by atoms with Gasteiger partial charge in [-0.25, -0.2) is 0 Å². The van der Waals surface area contributed by atoms with E-state index in [0.29, 0.717) is 5.76 Å². The number of hydrogen-bond donors (Lipinski definition) is 0. The molecule has 1 aromatic carbocycles. The maximum absolute atomic E-state index is 5.44. The van der Waals surface area contributed by atoms with Gasteiger partial charge in [0.25, 0.3) is 0 Å². The van der Waals surface area contributed by atoms with Crippen LogP contribution in [0.3, 0.4) is 0 Å². The van der Waals surface area contributed by atoms with E-state index in [0.717, 1.165) is 16.9 Å². The van der Waals surface area contributed by atoms with Gasteiger partial charge in [0, 0.05) is 0 Å². The third kappa shape index (κ3) is 4.84. The Morgan fingerprint density at radius 3 is 2.26 bits per heavy atom. The zero-order chi connectivity index (χ0) is 14.3. The first-order valence-electron chi connectivity index (χ1n) is 6.16. The molecule has 0 spiro atoms. The average molecular weight is 252 g/mol. The van der Waals surface area contributed by atoms with E-state index in [4.69, 9.17) is 4.74 Å². The Morgan fingerprint density at radius 2 is 1.74 bits per heavy atom. The topological polar surface area (TPSA) is 9.23 Å². The lowest BCUT2D eigenvalue weighted by Crippen LogP contribution is -1.89. The second kappa shape index (κ2) is 7.22. The van der Waals surface area contributed by atoms with Crippen LogP contribution in [0, 0.1) is 0 Å². The first-order valence-corrected chi connectivity index (χ1v) is 6.16. The molecule has 1 nitrogen and oxygen atoms in total. The third-order valence-electron chi connectivity index (χ3n) is 2.70. The molecule has 0 unspecified atom stereocenters. The predicted octanol–water partition coefficient (Wildman–Crippen LogP) is 5.30. The molecule has 0 saturated carbocycles. The number of allylic oxidation sites excluding steroid dienone is 6. The van der Waals surface area contributed by atoms with Gasteiger partial charge in [0.1, 0.15) is 11.5 Å². The Balaban J connectivity index is 2.76. The van der Waals surface area contributed by atoms with Crippen LogP contribution in [0.15, 0.2) is 79.6 Å². The summed E-state index contributed by atoms with van der Waals surface area (Å²) in [6.07, 6.45) is 7.69. The summed E-state index contributed by atoms with van der Waals surface area (Å²) in [7, 11) is 0. The van der Waals surface area contributed by atoms with E-state index in [1.807, 2.05) is 43.3 Å². The second-order valence-corrected chi connectivity index (χ2v) is 4.19. The predicted molar refractivity (Wildman–Crippen MR) is 84.0 cm³/mol. The van der Waals surface area contributed by atoms with Gasteiger partial charge in [0.15, 0.2) is 0 Å². The van der Waals surface area contributed by atoms with Crippen molar-refractivity contribution in [3.8, 4) is 5.75 Å². The van der Waals surface area contributed by atoms with Crippen molar-refractivity contribution >= 4 is 5.57 Å². The van der Waals surface area contributed by atoms with Crippen LogP contribution in [-0.4, -0.2) is 0 Å². The molecule has 0 radical (unpaired) electrons. The van der Waals surface area contributed by atoms with Gasteiger partial charge in [-0.1, -0.05) is 55.7 Å². The van der Waals surface area contributed by atoms with Crippen LogP contribution < -0.4 is 4.74 Å². The van der Waals surface area contributed by atoms with Crippen molar-refractivity contribution in [3.63, 3.8) is 0 Å². The molecule has 0 aromatic heterocycles. The molecule has 1 aromatic rings. The standard InChI is InChI=1S/C18H20O/c1-6-14(3)8-9-15(4)17-10-12-18(13-11-17)19-16(5)7-2/h6-13H,2,4-5H2,1,3H3/b9-8-,14-6-. The highest BCUT2D eigenvalue weighted by molar-refractivity contribution is 5.72. The molecule has 0 aliphatic heterocycles. The van der Waals surface area contributed by atoms with Gasteiger partial charge in [-0.2, -0.15) is 0 Å². The van der Waals surface area contributed by atoms with Crippen LogP contribution in [0.4, 0.5) is 0 Å². The van der Waals surface area contributed by atoms with Crippen LogP contribution in [0.25, 0.3) is 5.57 Å². The van der Waals surface area contributed by atoms with Crippen molar-refractivity contribution < 1.29 is 4.74 Å². The smallest absolute Gasteiger partial charge is 0.127 e. The first-order chi connectivity index (χ1) is 9.06. The molecule has 0 bridgehead atoms. The summed E-state index contributed by atoms with van der Waals surface area (Å²) < 4.78 is 5.44. The molecule has 0 heterocycles. The lowest BCUT2D eigenvalue weighted by atomic mass is 10.1. The molecule has 1 rings (SSSR count). The van der Waals surface area contributed by atoms with E-state index < -0.39 is 0 Å². The van der Waals surface area contributed by atoms with Crippen molar-refractivity contribution in [2.75, 3.05) is 0 Å². The normalized spacial score (nSPS) is 11.4. The summed E-state index contributed by atoms with van der Waals surface area (Å²) in [5.41, 5.74) is 3.25. The molecule has 19 heavy (non-hydrogen) atoms. The summed E-state index contributed by atoms with van der Waals surface area (Å²) in [6, 6.07) is 7.74. The molecular weight excluding hydrogens is 232 g/mol. The fourth-order valence-corrected chi connectivity index (χ4v) is 1.35. The molecule has 1 heteroatoms. The van der Waals surface area contributed by atoms with Crippen molar-refractivity contribution in [1.29, 1.82) is 0 Å². The molecular formula is C18H20O. The largest absolute Gasteiger partial charge is 0.458 e. The average Bonchev–Trinajstić information content (AvgIpc) is 2.44. The summed E-state index contributed by atoms with van der Waals surface area (Å²) in [4.78, 5) is 0. The summed E-state index contributed by atoms with van der Waals surface area (Å²) in [5.74, 6) is 1.28. The van der Waals surface area contributed by atoms with E-state index in [1.165, 1.54) is 5.57 Å². The minimum Gasteiger partial charge on any atom is -0.458 e. The highest BCUT2D eigenvalue weighted by Crippen LogP contribution is 2.20. The van der Waals surface area contributed by atoms with E-state index in [1.54, 1.807) is 6.08 Å². The molecule has 0 aliphatic carbocycles. The quantitative estimate of drug-likeness (QED) is 0.493. The second-order valence-electron chi connectivity index (χ2n) is 4.19. The molecule has 98 valence electrons. The van der Waals surface area contributed by atoms with Gasteiger partial charge in [-0.15, -0.1) is 0 Å². The summed E-state index contributed by atoms with van der Waals surface area (Å²) in [5, 5.41) is 0. The fourth-order valence-electron chi connectivity index (χ4n) is 1.35. The van der Waals surface area contributed by atoms with E-state index in [9.17, 15) is 0 Å². The first kappa shape index (κ1) is 14.8. The Labute approximate surface area is 115 Å². The maximum Gasteiger partial charge on any atom is 0.127 e. The van der Waals surface area contributed by atoms with E-state index in [2.05, 4.69) is 32.7 Å². The fraction of sp³-hybridized carbons (Fsp3) is 0.111. The number of hydrogen-bond acceptors (Lipinski definition) is 1. The van der Waals surface area contributed by atoms with Crippen molar-refractivity contribution in [2.45, 2.75) is 13.8 Å². The summed E-state index contributed by atoms with van der Waals surface area (Å²) in [6.45, 7) is 15.4. The molecule has 0 aliphatic rings. The third-order valence-corrected chi connectivity index (χ3v) is 2.70. The van der Waals surface area contributed by atoms with Gasteiger partial charge >= 0.3 is 0 Å². The van der Waals surface area contributed by atoms with Crippen LogP contribution in [0.1, 0.15) is 19.4 Å². The lowest BCUT2D eigenvalue weighted by molar-refractivity contribution is 0.447. The van der Waals surface area contributed by atoms with Gasteiger partial charge in [-0.3, -0.25) is 0 Å². The van der Waals surface area contributed by atoms with E-state index >= 15 is 0 Å². The zero-order valence-electron chi connectivity index (χ0n) is 11.6. The Kier molecular flexibility index (Phi) is 5.62. The van der Waals surface area contributed by atoms with Crippen LogP contribution in [0.5, 0.6) is 5.75 Å². The highest BCUT2D eigenvalue weighted by atomic mass is 16.5. The summed E-state index contributed by atoms with van der Waals surface area (Å²) >= 11 is 0. The monoisotopic (exact) mass is 252 g/mol. The Morgan fingerprint density at radius 1 is 1.11 bits per heavy atom. The minimum atomic E-state index is 0.537. The number of rotatable bonds is 6. The zero-order valence-corrected chi connectivity index (χ0v) is 11.6. The lowest BCUT2D eigenvalue weighted by Gasteiger charge is -2.06.